The lowest BCUT2D eigenvalue weighted by molar-refractivity contribution is -0.133. The minimum absolute atomic E-state index is 0.106. The summed E-state index contributed by atoms with van der Waals surface area (Å²) in [7, 11) is 1.41. The zero-order valence-corrected chi connectivity index (χ0v) is 9.03. The highest BCUT2D eigenvalue weighted by Crippen LogP contribution is 2.67. The van der Waals surface area contributed by atoms with E-state index in [2.05, 4.69) is 6.92 Å². The molecule has 0 aromatic carbocycles. The van der Waals surface area contributed by atoms with Crippen LogP contribution in [0.4, 0.5) is 4.79 Å². The summed E-state index contributed by atoms with van der Waals surface area (Å²) in [6.45, 7) is 2.13. The summed E-state index contributed by atoms with van der Waals surface area (Å²) in [4.78, 5) is 24.8. The summed E-state index contributed by atoms with van der Waals surface area (Å²) in [5.41, 5.74) is -0.106. The van der Waals surface area contributed by atoms with Crippen LogP contribution in [0.5, 0.6) is 0 Å². The van der Waals surface area contributed by atoms with Crippen molar-refractivity contribution in [3.05, 3.63) is 0 Å². The normalized spacial score (nSPS) is 45.6. The van der Waals surface area contributed by atoms with E-state index in [1.807, 2.05) is 0 Å². The van der Waals surface area contributed by atoms with Crippen LogP contribution in [0.1, 0.15) is 26.2 Å². The van der Waals surface area contributed by atoms with Gasteiger partial charge in [-0.25, -0.2) is 4.79 Å². The maximum Gasteiger partial charge on any atom is 0.410 e. The van der Waals surface area contributed by atoms with E-state index in [1.54, 1.807) is 4.90 Å². The lowest BCUT2D eigenvalue weighted by Crippen LogP contribution is -2.47. The average Bonchev–Trinajstić information content (AvgIpc) is 2.82. The van der Waals surface area contributed by atoms with Crippen molar-refractivity contribution in [3.63, 3.8) is 0 Å². The Balaban J connectivity index is 1.88. The van der Waals surface area contributed by atoms with Crippen molar-refractivity contribution in [2.75, 3.05) is 7.11 Å². The van der Waals surface area contributed by atoms with Crippen LogP contribution in [-0.4, -0.2) is 35.5 Å². The van der Waals surface area contributed by atoms with Crippen LogP contribution in [-0.2, 0) is 9.53 Å². The van der Waals surface area contributed by atoms with E-state index in [0.29, 0.717) is 18.1 Å². The molecule has 0 bridgehead atoms. The lowest BCUT2D eigenvalue weighted by atomic mass is 9.72. The molecule has 4 heteroatoms. The molecule has 4 atom stereocenters. The Labute approximate surface area is 88.6 Å². The predicted molar refractivity (Wildman–Crippen MR) is 52.3 cm³/mol. The minimum Gasteiger partial charge on any atom is -0.453 e. The van der Waals surface area contributed by atoms with Crippen molar-refractivity contribution in [3.8, 4) is 0 Å². The Kier molecular flexibility index (Phi) is 1.56. The summed E-state index contributed by atoms with van der Waals surface area (Å²) >= 11 is 0. The number of ketones is 1. The highest BCUT2D eigenvalue weighted by Gasteiger charge is 2.82. The largest absolute Gasteiger partial charge is 0.453 e. The molecule has 1 amide bonds. The molecule has 4 unspecified atom stereocenters. The smallest absolute Gasteiger partial charge is 0.410 e. The van der Waals surface area contributed by atoms with Gasteiger partial charge in [-0.15, -0.1) is 0 Å². The Morgan fingerprint density at radius 1 is 1.67 bits per heavy atom. The molecule has 15 heavy (non-hydrogen) atoms. The molecule has 2 aliphatic carbocycles. The summed E-state index contributed by atoms with van der Waals surface area (Å²) in [5.74, 6) is 0.953. The van der Waals surface area contributed by atoms with E-state index < -0.39 is 0 Å². The molecule has 1 spiro atoms. The third kappa shape index (κ3) is 0.802. The van der Waals surface area contributed by atoms with Crippen molar-refractivity contribution in [1.29, 1.82) is 0 Å². The van der Waals surface area contributed by atoms with Crippen LogP contribution in [0.2, 0.25) is 0 Å². The van der Waals surface area contributed by atoms with Gasteiger partial charge in [-0.1, -0.05) is 13.3 Å². The number of carbonyl (C=O) groups is 2. The molecule has 4 nitrogen and oxygen atoms in total. The molecule has 0 radical (unpaired) electrons. The molecule has 3 aliphatic rings. The number of carbonyl (C=O) groups excluding carboxylic acids is 2. The molecule has 1 aliphatic heterocycles. The second kappa shape index (κ2) is 2.54. The van der Waals surface area contributed by atoms with E-state index >= 15 is 0 Å². The Morgan fingerprint density at radius 3 is 2.93 bits per heavy atom. The van der Waals surface area contributed by atoms with E-state index in [1.165, 1.54) is 7.11 Å². The maximum atomic E-state index is 11.5. The first kappa shape index (κ1) is 9.19. The monoisotopic (exact) mass is 209 g/mol. The van der Waals surface area contributed by atoms with Crippen LogP contribution in [0.3, 0.4) is 0 Å². The summed E-state index contributed by atoms with van der Waals surface area (Å²) in [5, 5.41) is 0. The first-order chi connectivity index (χ1) is 7.16. The SMILES string of the molecule is CCC1CC2C(=O)CC23C1N3C(=O)OC. The molecule has 1 heterocycles. The molecule has 2 saturated carbocycles. The van der Waals surface area contributed by atoms with Crippen molar-refractivity contribution in [2.45, 2.75) is 37.8 Å². The fraction of sp³-hybridized carbons (Fsp3) is 0.818. The molecule has 0 N–H and O–H groups in total. The van der Waals surface area contributed by atoms with Crippen LogP contribution in [0, 0.1) is 11.8 Å². The summed E-state index contributed by atoms with van der Waals surface area (Å²) < 4.78 is 4.76. The molecular formula is C11H15NO3. The molecule has 3 fully saturated rings. The highest BCUT2D eigenvalue weighted by molar-refractivity contribution is 5.96. The minimum atomic E-state index is -0.254. The van der Waals surface area contributed by atoms with Gasteiger partial charge in [-0.05, 0) is 12.3 Å². The number of piperidine rings is 1. The van der Waals surface area contributed by atoms with Gasteiger partial charge in [0, 0.05) is 12.3 Å². The van der Waals surface area contributed by atoms with Crippen LogP contribution in [0.25, 0.3) is 0 Å². The molecule has 1 saturated heterocycles. The number of nitrogens with zero attached hydrogens (tertiary/aromatic N) is 1. The Morgan fingerprint density at radius 2 is 2.40 bits per heavy atom. The fourth-order valence-electron chi connectivity index (χ4n) is 3.77. The molecule has 0 aromatic rings. The average molecular weight is 209 g/mol. The Hall–Kier alpha value is -1.06. The number of Topliss-reactive ketones (excluding diaryl/α,β-unsaturated/α-hetero) is 1. The Bertz CT molecular complexity index is 354. The van der Waals surface area contributed by atoms with Crippen molar-refractivity contribution >= 4 is 11.9 Å². The van der Waals surface area contributed by atoms with Gasteiger partial charge in [0.05, 0.1) is 18.7 Å². The molecular weight excluding hydrogens is 194 g/mol. The summed E-state index contributed by atoms with van der Waals surface area (Å²) in [6, 6.07) is 0.289. The van der Waals surface area contributed by atoms with Gasteiger partial charge in [-0.2, -0.15) is 0 Å². The zero-order chi connectivity index (χ0) is 10.8. The first-order valence-electron chi connectivity index (χ1n) is 5.56. The van der Waals surface area contributed by atoms with E-state index in [9.17, 15) is 9.59 Å². The second-order valence-electron chi connectivity index (χ2n) is 4.88. The number of methoxy groups -OCH3 is 1. The maximum absolute atomic E-state index is 11.5. The number of rotatable bonds is 1. The third-order valence-corrected chi connectivity index (χ3v) is 4.50. The van der Waals surface area contributed by atoms with Gasteiger partial charge in [0.15, 0.2) is 0 Å². The van der Waals surface area contributed by atoms with Crippen LogP contribution < -0.4 is 0 Å². The van der Waals surface area contributed by atoms with Gasteiger partial charge in [0.25, 0.3) is 0 Å². The van der Waals surface area contributed by atoms with Crippen LogP contribution >= 0.6 is 0 Å². The van der Waals surface area contributed by atoms with Crippen LogP contribution in [0.15, 0.2) is 0 Å². The van der Waals surface area contributed by atoms with Gasteiger partial charge >= 0.3 is 6.09 Å². The lowest BCUT2D eigenvalue weighted by Gasteiger charge is -2.33. The molecule has 82 valence electrons. The van der Waals surface area contributed by atoms with Crippen molar-refractivity contribution in [1.82, 2.24) is 4.90 Å². The third-order valence-electron chi connectivity index (χ3n) is 4.50. The number of likely N-dealkylation sites (tertiary alicyclic amines) is 1. The molecule has 0 aromatic heterocycles. The number of ether oxygens (including phenoxy) is 1. The second-order valence-corrected chi connectivity index (χ2v) is 4.88. The van der Waals surface area contributed by atoms with Crippen molar-refractivity contribution in [2.24, 2.45) is 11.8 Å². The summed E-state index contributed by atoms with van der Waals surface area (Å²) in [6.07, 6.45) is 2.33. The van der Waals surface area contributed by atoms with E-state index in [4.69, 9.17) is 4.74 Å². The zero-order valence-electron chi connectivity index (χ0n) is 9.03. The van der Waals surface area contributed by atoms with Crippen molar-refractivity contribution < 1.29 is 14.3 Å². The van der Waals surface area contributed by atoms with E-state index in [-0.39, 0.29) is 23.6 Å². The van der Waals surface area contributed by atoms with Gasteiger partial charge in [0.1, 0.15) is 5.78 Å². The number of hydrogen-bond acceptors (Lipinski definition) is 3. The van der Waals surface area contributed by atoms with E-state index in [0.717, 1.165) is 12.8 Å². The van der Waals surface area contributed by atoms with Gasteiger partial charge in [0.2, 0.25) is 0 Å². The van der Waals surface area contributed by atoms with Gasteiger partial charge in [-0.3, -0.25) is 9.69 Å². The topological polar surface area (TPSA) is 46.4 Å². The number of hydrogen-bond donors (Lipinski definition) is 0. The quantitative estimate of drug-likeness (QED) is 0.609. The van der Waals surface area contributed by atoms with Gasteiger partial charge < -0.3 is 4.74 Å². The highest BCUT2D eigenvalue weighted by atomic mass is 16.5. The number of amides is 1. The standard InChI is InChI=1S/C11H15NO3/c1-3-6-4-7-8(13)5-11(7)9(6)12(11)10(14)15-2/h6-7,9H,3-5H2,1-2H3. The first-order valence-corrected chi connectivity index (χ1v) is 5.56. The fourth-order valence-corrected chi connectivity index (χ4v) is 3.77. The predicted octanol–water partition coefficient (Wildman–Crippen LogP) is 1.19. The molecule has 3 rings (SSSR count).